The fourth-order valence-corrected chi connectivity index (χ4v) is 2.24. The normalized spacial score (nSPS) is 15.3. The first-order valence-electron chi connectivity index (χ1n) is 5.28. The highest BCUT2D eigenvalue weighted by Crippen LogP contribution is 2.32. The lowest BCUT2D eigenvalue weighted by atomic mass is 9.76. The predicted molar refractivity (Wildman–Crippen MR) is 76.5 cm³/mol. The molecule has 0 spiro atoms. The minimum Gasteiger partial charge on any atom is -0.126 e. The summed E-state index contributed by atoms with van der Waals surface area (Å²) < 4.78 is 1.29. The maximum absolute atomic E-state index is 6.08. The van der Waals surface area contributed by atoms with Crippen molar-refractivity contribution >= 4 is 34.2 Å². The van der Waals surface area contributed by atoms with E-state index in [2.05, 4.69) is 67.6 Å². The Labute approximate surface area is 112 Å². The first-order valence-corrected chi connectivity index (χ1v) is 6.89. The van der Waals surface area contributed by atoms with Gasteiger partial charge in [0.15, 0.2) is 0 Å². The van der Waals surface area contributed by atoms with Crippen LogP contribution in [0, 0.1) is 14.9 Å². The summed E-state index contributed by atoms with van der Waals surface area (Å²) in [6.45, 7) is 6.76. The van der Waals surface area contributed by atoms with E-state index in [-0.39, 0.29) is 5.41 Å². The lowest BCUT2D eigenvalue weighted by molar-refractivity contribution is 0.253. The molecule has 0 radical (unpaired) electrons. The number of rotatable bonds is 4. The molecule has 1 aromatic carbocycles. The Kier molecular flexibility index (Phi) is 4.91. The Morgan fingerprint density at radius 1 is 1.27 bits per heavy atom. The van der Waals surface area contributed by atoms with Crippen molar-refractivity contribution in [1.29, 1.82) is 0 Å². The first-order chi connectivity index (χ1) is 6.98. The third-order valence-corrected chi connectivity index (χ3v) is 4.55. The second-order valence-corrected chi connectivity index (χ2v) is 6.26. The number of benzene rings is 1. The van der Waals surface area contributed by atoms with Crippen molar-refractivity contribution in [1.82, 2.24) is 0 Å². The summed E-state index contributed by atoms with van der Waals surface area (Å²) in [7, 11) is 0. The molecule has 1 atom stereocenters. The molecule has 0 aliphatic rings. The number of alkyl halides is 1. The summed E-state index contributed by atoms with van der Waals surface area (Å²) in [5.74, 6) is 1.32. The van der Waals surface area contributed by atoms with Crippen molar-refractivity contribution in [3.63, 3.8) is 0 Å². The molecular formula is C13H18ClI. The summed E-state index contributed by atoms with van der Waals surface area (Å²) in [4.78, 5) is 0. The maximum Gasteiger partial charge on any atom is 0.0282 e. The van der Waals surface area contributed by atoms with Crippen molar-refractivity contribution in [3.8, 4) is 0 Å². The van der Waals surface area contributed by atoms with E-state index in [4.69, 9.17) is 11.6 Å². The van der Waals surface area contributed by atoms with Crippen LogP contribution in [0.1, 0.15) is 26.3 Å². The lowest BCUT2D eigenvalue weighted by Gasteiger charge is -2.31. The van der Waals surface area contributed by atoms with Crippen LogP contribution < -0.4 is 0 Å². The largest absolute Gasteiger partial charge is 0.126 e. The number of hydrogen-bond acceptors (Lipinski definition) is 0. The molecule has 0 N–H and O–H groups in total. The van der Waals surface area contributed by atoms with Crippen LogP contribution in [0.5, 0.6) is 0 Å². The van der Waals surface area contributed by atoms with Gasteiger partial charge < -0.3 is 0 Å². The van der Waals surface area contributed by atoms with Crippen molar-refractivity contribution in [2.24, 2.45) is 11.3 Å². The second-order valence-electron chi connectivity index (χ2n) is 4.75. The molecule has 0 fully saturated rings. The summed E-state index contributed by atoms with van der Waals surface area (Å²) >= 11 is 8.41. The van der Waals surface area contributed by atoms with E-state index in [1.54, 1.807) is 0 Å². The Balaban J connectivity index is 2.79. The smallest absolute Gasteiger partial charge is 0.0282 e. The minimum absolute atomic E-state index is 0.203. The number of hydrogen-bond donors (Lipinski definition) is 0. The fourth-order valence-electron chi connectivity index (χ4n) is 1.47. The highest BCUT2D eigenvalue weighted by Gasteiger charge is 2.27. The van der Waals surface area contributed by atoms with Gasteiger partial charge in [-0.2, -0.15) is 0 Å². The Morgan fingerprint density at radius 2 is 1.80 bits per heavy atom. The van der Waals surface area contributed by atoms with Gasteiger partial charge in [0.2, 0.25) is 0 Å². The molecule has 0 aromatic heterocycles. The van der Waals surface area contributed by atoms with E-state index in [0.29, 0.717) is 5.92 Å². The first kappa shape index (κ1) is 13.3. The van der Waals surface area contributed by atoms with Gasteiger partial charge in [0.1, 0.15) is 0 Å². The second kappa shape index (κ2) is 5.53. The molecule has 0 bridgehead atoms. The summed E-state index contributed by atoms with van der Waals surface area (Å²) in [6.07, 6.45) is 1.06. The highest BCUT2D eigenvalue weighted by atomic mass is 127. The molecule has 0 aliphatic carbocycles. The molecule has 0 saturated carbocycles. The van der Waals surface area contributed by atoms with Gasteiger partial charge >= 0.3 is 0 Å². The molecule has 1 rings (SSSR count). The van der Waals surface area contributed by atoms with Gasteiger partial charge in [0.25, 0.3) is 0 Å². The van der Waals surface area contributed by atoms with Gasteiger partial charge in [-0.1, -0.05) is 32.9 Å². The quantitative estimate of drug-likeness (QED) is 0.550. The van der Waals surface area contributed by atoms with E-state index < -0.39 is 0 Å². The molecule has 0 saturated heterocycles. The average Bonchev–Trinajstić information content (AvgIpc) is 2.21. The minimum atomic E-state index is 0.203. The molecule has 1 unspecified atom stereocenters. The predicted octanol–water partition coefficient (Wildman–Crippen LogP) is 4.73. The number of halogens is 2. The van der Waals surface area contributed by atoms with Crippen LogP contribution in [0.15, 0.2) is 24.3 Å². The van der Waals surface area contributed by atoms with Crippen molar-refractivity contribution in [2.45, 2.75) is 27.2 Å². The summed E-state index contributed by atoms with van der Waals surface area (Å²) in [6, 6.07) is 8.72. The van der Waals surface area contributed by atoms with Crippen LogP contribution in [0.4, 0.5) is 0 Å². The third kappa shape index (κ3) is 3.63. The van der Waals surface area contributed by atoms with E-state index in [0.717, 1.165) is 12.3 Å². The SMILES string of the molecule is CC(C)C(C)(CCl)Cc1ccc(I)cc1. The molecule has 0 amide bonds. The molecule has 1 aromatic rings. The zero-order valence-electron chi connectivity index (χ0n) is 9.56. The van der Waals surface area contributed by atoms with Gasteiger partial charge in [0, 0.05) is 9.45 Å². The van der Waals surface area contributed by atoms with Crippen LogP contribution in [-0.4, -0.2) is 5.88 Å². The highest BCUT2D eigenvalue weighted by molar-refractivity contribution is 14.1. The van der Waals surface area contributed by atoms with Gasteiger partial charge in [-0.3, -0.25) is 0 Å². The van der Waals surface area contributed by atoms with Crippen molar-refractivity contribution < 1.29 is 0 Å². The average molecular weight is 337 g/mol. The van der Waals surface area contributed by atoms with Crippen LogP contribution in [0.2, 0.25) is 0 Å². The van der Waals surface area contributed by atoms with E-state index in [1.807, 2.05) is 0 Å². The van der Waals surface area contributed by atoms with Gasteiger partial charge in [-0.15, -0.1) is 11.6 Å². The molecule has 0 aliphatic heterocycles. The van der Waals surface area contributed by atoms with E-state index >= 15 is 0 Å². The fraction of sp³-hybridized carbons (Fsp3) is 0.538. The summed E-state index contributed by atoms with van der Waals surface area (Å²) in [5, 5.41) is 0. The molecule has 2 heteroatoms. The van der Waals surface area contributed by atoms with Gasteiger partial charge in [0.05, 0.1) is 0 Å². The molecule has 84 valence electrons. The van der Waals surface area contributed by atoms with Gasteiger partial charge in [-0.05, 0) is 58.0 Å². The Morgan fingerprint density at radius 3 is 2.20 bits per heavy atom. The topological polar surface area (TPSA) is 0 Å². The molecule has 0 nitrogen and oxygen atoms in total. The van der Waals surface area contributed by atoms with E-state index in [1.165, 1.54) is 9.13 Å². The monoisotopic (exact) mass is 336 g/mol. The van der Waals surface area contributed by atoms with Crippen LogP contribution in [-0.2, 0) is 6.42 Å². The maximum atomic E-state index is 6.08. The Bertz CT molecular complexity index is 305. The van der Waals surface area contributed by atoms with Crippen LogP contribution in [0.3, 0.4) is 0 Å². The van der Waals surface area contributed by atoms with Crippen LogP contribution >= 0.6 is 34.2 Å². The third-order valence-electron chi connectivity index (χ3n) is 3.22. The molecule has 15 heavy (non-hydrogen) atoms. The zero-order valence-corrected chi connectivity index (χ0v) is 12.5. The zero-order chi connectivity index (χ0) is 11.5. The standard InChI is InChI=1S/C13H18ClI/c1-10(2)13(3,9-14)8-11-4-6-12(15)7-5-11/h4-7,10H,8-9H2,1-3H3. The molecule has 0 heterocycles. The summed E-state index contributed by atoms with van der Waals surface area (Å²) in [5.41, 5.74) is 1.58. The van der Waals surface area contributed by atoms with Crippen LogP contribution in [0.25, 0.3) is 0 Å². The van der Waals surface area contributed by atoms with Crippen molar-refractivity contribution in [2.75, 3.05) is 5.88 Å². The lowest BCUT2D eigenvalue weighted by Crippen LogP contribution is -2.28. The Hall–Kier alpha value is 0.240. The van der Waals surface area contributed by atoms with Crippen molar-refractivity contribution in [3.05, 3.63) is 33.4 Å². The van der Waals surface area contributed by atoms with Gasteiger partial charge in [-0.25, -0.2) is 0 Å². The van der Waals surface area contributed by atoms with E-state index in [9.17, 15) is 0 Å². The molecular weight excluding hydrogens is 318 g/mol.